The predicted molar refractivity (Wildman–Crippen MR) is 120 cm³/mol. The zero-order valence-corrected chi connectivity index (χ0v) is 18.2. The molecule has 0 radical (unpaired) electrons. The zero-order chi connectivity index (χ0) is 21.9. The van der Waals surface area contributed by atoms with E-state index in [-0.39, 0.29) is 17.8 Å². The van der Waals surface area contributed by atoms with E-state index in [1.807, 2.05) is 19.9 Å². The SMILES string of the molecule is CC.CO.O=C(NC1CCNCC1)c1cc2c(Nc3ccc(F)cc3)ncnc2s1. The van der Waals surface area contributed by atoms with Gasteiger partial charge in [0.1, 0.15) is 22.8 Å². The molecule has 1 amide bonds. The third-order valence-corrected chi connectivity index (χ3v) is 5.38. The molecule has 7 nitrogen and oxygen atoms in total. The van der Waals surface area contributed by atoms with Gasteiger partial charge in [0.25, 0.3) is 5.91 Å². The second kappa shape index (κ2) is 12.2. The summed E-state index contributed by atoms with van der Waals surface area (Å²) in [5, 5.41) is 17.3. The Morgan fingerprint density at radius 3 is 2.50 bits per heavy atom. The summed E-state index contributed by atoms with van der Waals surface area (Å²) in [4.78, 5) is 22.4. The molecule has 1 aromatic carbocycles. The normalized spacial score (nSPS) is 13.5. The van der Waals surface area contributed by atoms with Gasteiger partial charge in [0.2, 0.25) is 0 Å². The van der Waals surface area contributed by atoms with Gasteiger partial charge in [-0.3, -0.25) is 4.79 Å². The molecule has 9 heteroatoms. The molecule has 4 rings (SSSR count). The van der Waals surface area contributed by atoms with Gasteiger partial charge in [0.15, 0.2) is 0 Å². The molecule has 0 aliphatic carbocycles. The second-order valence-electron chi connectivity index (χ2n) is 6.18. The van der Waals surface area contributed by atoms with Gasteiger partial charge < -0.3 is 21.1 Å². The number of hydrogen-bond acceptors (Lipinski definition) is 7. The van der Waals surface area contributed by atoms with Crippen molar-refractivity contribution in [3.8, 4) is 0 Å². The minimum Gasteiger partial charge on any atom is -0.400 e. The summed E-state index contributed by atoms with van der Waals surface area (Å²) in [5.41, 5.74) is 0.721. The third-order valence-electron chi connectivity index (χ3n) is 4.33. The molecule has 1 aliphatic heterocycles. The lowest BCUT2D eigenvalue weighted by Gasteiger charge is -2.23. The van der Waals surface area contributed by atoms with Gasteiger partial charge >= 0.3 is 0 Å². The Labute approximate surface area is 179 Å². The van der Waals surface area contributed by atoms with Gasteiger partial charge in [-0.2, -0.15) is 0 Å². The van der Waals surface area contributed by atoms with Crippen molar-refractivity contribution in [3.63, 3.8) is 0 Å². The highest BCUT2D eigenvalue weighted by molar-refractivity contribution is 7.20. The first kappa shape index (κ1) is 23.7. The Balaban J connectivity index is 0.000000757. The molecule has 162 valence electrons. The van der Waals surface area contributed by atoms with E-state index in [1.165, 1.54) is 29.8 Å². The Morgan fingerprint density at radius 1 is 1.17 bits per heavy atom. The van der Waals surface area contributed by atoms with Crippen LogP contribution in [-0.2, 0) is 0 Å². The molecule has 3 heterocycles. The van der Waals surface area contributed by atoms with Crippen molar-refractivity contribution in [2.24, 2.45) is 0 Å². The summed E-state index contributed by atoms with van der Waals surface area (Å²) in [7, 11) is 1.00. The van der Waals surface area contributed by atoms with E-state index >= 15 is 0 Å². The number of nitrogens with zero attached hydrogens (tertiary/aromatic N) is 2. The number of aromatic nitrogens is 2. The molecular weight excluding hydrogens is 405 g/mol. The van der Waals surface area contributed by atoms with E-state index < -0.39 is 0 Å². The lowest BCUT2D eigenvalue weighted by atomic mass is 10.1. The summed E-state index contributed by atoms with van der Waals surface area (Å²) >= 11 is 1.34. The van der Waals surface area contributed by atoms with E-state index in [1.54, 1.807) is 12.1 Å². The van der Waals surface area contributed by atoms with Crippen molar-refractivity contribution in [2.45, 2.75) is 32.7 Å². The number of fused-ring (bicyclic) bond motifs is 1. The lowest BCUT2D eigenvalue weighted by Crippen LogP contribution is -2.42. The number of amides is 1. The molecule has 0 bridgehead atoms. The molecule has 1 fully saturated rings. The molecule has 2 aromatic heterocycles. The Bertz CT molecular complexity index is 927. The number of nitrogens with one attached hydrogen (secondary N) is 3. The average Bonchev–Trinajstić information content (AvgIpc) is 3.25. The number of benzene rings is 1. The number of carbonyl (C=O) groups is 1. The maximum absolute atomic E-state index is 13.1. The summed E-state index contributed by atoms with van der Waals surface area (Å²) < 4.78 is 13.1. The standard InChI is InChI=1S/C18H18FN5OS.C2H6.CH4O/c19-11-1-3-12(4-2-11)23-16-14-9-15(26-18(14)22-10-21-16)17(25)24-13-5-7-20-8-6-13;2*1-2/h1-4,9-10,13,20H,5-8H2,(H,24,25)(H,21,22,23);1-2H3;2H,1H3. The quantitative estimate of drug-likeness (QED) is 0.501. The number of piperidine rings is 1. The number of hydrogen-bond donors (Lipinski definition) is 4. The van der Waals surface area contributed by atoms with Crippen LogP contribution in [0.25, 0.3) is 10.2 Å². The number of aliphatic hydroxyl groups is 1. The van der Waals surface area contributed by atoms with Crippen LogP contribution in [0.5, 0.6) is 0 Å². The van der Waals surface area contributed by atoms with Crippen LogP contribution in [0.3, 0.4) is 0 Å². The summed E-state index contributed by atoms with van der Waals surface area (Å²) in [6.45, 7) is 5.85. The fourth-order valence-electron chi connectivity index (χ4n) is 2.96. The van der Waals surface area contributed by atoms with Crippen LogP contribution in [0.2, 0.25) is 0 Å². The van der Waals surface area contributed by atoms with Crippen LogP contribution in [-0.4, -0.2) is 47.2 Å². The van der Waals surface area contributed by atoms with E-state index in [0.717, 1.165) is 48.9 Å². The predicted octanol–water partition coefficient (Wildman–Crippen LogP) is 3.69. The molecule has 4 N–H and O–H groups in total. The fraction of sp³-hybridized carbons (Fsp3) is 0.381. The van der Waals surface area contributed by atoms with Crippen LogP contribution in [0.15, 0.2) is 36.7 Å². The first-order valence-corrected chi connectivity index (χ1v) is 10.7. The number of rotatable bonds is 4. The highest BCUT2D eigenvalue weighted by Gasteiger charge is 2.19. The highest BCUT2D eigenvalue weighted by Crippen LogP contribution is 2.30. The van der Waals surface area contributed by atoms with E-state index in [2.05, 4.69) is 25.9 Å². The maximum Gasteiger partial charge on any atom is 0.261 e. The Hall–Kier alpha value is -2.62. The summed E-state index contributed by atoms with van der Waals surface area (Å²) in [6.07, 6.45) is 3.33. The van der Waals surface area contributed by atoms with Crippen LogP contribution in [0.4, 0.5) is 15.9 Å². The number of anilines is 2. The van der Waals surface area contributed by atoms with E-state index in [9.17, 15) is 9.18 Å². The fourth-order valence-corrected chi connectivity index (χ4v) is 3.86. The van der Waals surface area contributed by atoms with Gasteiger partial charge in [0, 0.05) is 18.8 Å². The minimum atomic E-state index is -0.296. The number of halogens is 1. The third kappa shape index (κ3) is 6.19. The molecule has 1 aliphatic rings. The van der Waals surface area contributed by atoms with Crippen molar-refractivity contribution in [2.75, 3.05) is 25.5 Å². The highest BCUT2D eigenvalue weighted by atomic mass is 32.1. The summed E-state index contributed by atoms with van der Waals surface area (Å²) in [5.74, 6) is 0.224. The van der Waals surface area contributed by atoms with Crippen LogP contribution >= 0.6 is 11.3 Å². The van der Waals surface area contributed by atoms with Crippen LogP contribution < -0.4 is 16.0 Å². The monoisotopic (exact) mass is 433 g/mol. The Kier molecular flexibility index (Phi) is 9.59. The molecule has 0 atom stereocenters. The van der Waals surface area contributed by atoms with Crippen LogP contribution in [0, 0.1) is 5.82 Å². The Morgan fingerprint density at radius 2 is 1.83 bits per heavy atom. The molecule has 1 saturated heterocycles. The van der Waals surface area contributed by atoms with Crippen molar-refractivity contribution >= 4 is 39.0 Å². The molecule has 0 unspecified atom stereocenters. The minimum absolute atomic E-state index is 0.0763. The summed E-state index contributed by atoms with van der Waals surface area (Å²) in [6, 6.07) is 8.05. The lowest BCUT2D eigenvalue weighted by molar-refractivity contribution is 0.0934. The van der Waals surface area contributed by atoms with E-state index in [0.29, 0.717) is 10.7 Å². The van der Waals surface area contributed by atoms with Gasteiger partial charge in [-0.05, 0) is 56.3 Å². The van der Waals surface area contributed by atoms with Gasteiger partial charge in [0.05, 0.1) is 10.3 Å². The van der Waals surface area contributed by atoms with Gasteiger partial charge in [-0.1, -0.05) is 13.8 Å². The molecule has 3 aromatic rings. The first-order chi connectivity index (χ1) is 14.7. The molecule has 0 saturated carbocycles. The first-order valence-electron chi connectivity index (χ1n) is 9.92. The van der Waals surface area contributed by atoms with Gasteiger partial charge in [-0.15, -0.1) is 11.3 Å². The smallest absolute Gasteiger partial charge is 0.261 e. The van der Waals surface area contributed by atoms with Crippen LogP contribution in [0.1, 0.15) is 36.4 Å². The maximum atomic E-state index is 13.1. The molecular formula is C21H28FN5O2S. The van der Waals surface area contributed by atoms with Crippen molar-refractivity contribution < 1.29 is 14.3 Å². The molecule has 0 spiro atoms. The molecule has 30 heavy (non-hydrogen) atoms. The second-order valence-corrected chi connectivity index (χ2v) is 7.21. The average molecular weight is 434 g/mol. The van der Waals surface area contributed by atoms with E-state index in [4.69, 9.17) is 5.11 Å². The topological polar surface area (TPSA) is 99.2 Å². The number of aliphatic hydroxyl groups excluding tert-OH is 1. The zero-order valence-electron chi connectivity index (χ0n) is 17.4. The number of carbonyl (C=O) groups excluding carboxylic acids is 1. The largest absolute Gasteiger partial charge is 0.400 e. The number of thiophene rings is 1. The van der Waals surface area contributed by atoms with Crippen molar-refractivity contribution in [3.05, 3.63) is 47.4 Å². The van der Waals surface area contributed by atoms with Crippen molar-refractivity contribution in [1.82, 2.24) is 20.6 Å². The van der Waals surface area contributed by atoms with Gasteiger partial charge in [-0.25, -0.2) is 14.4 Å². The van der Waals surface area contributed by atoms with Crippen molar-refractivity contribution in [1.29, 1.82) is 0 Å².